The fraction of sp³-hybridized carbons (Fsp3) is 0.500. The van der Waals surface area contributed by atoms with Gasteiger partial charge in [0, 0.05) is 99.5 Å². The number of amides is 19. The van der Waals surface area contributed by atoms with Gasteiger partial charge in [0.2, 0.25) is 112 Å². The molecule has 1 heterocycles. The molecule has 43 heteroatoms. The molecule has 19 amide bonds. The van der Waals surface area contributed by atoms with Crippen LogP contribution in [-0.2, 0) is 110 Å². The quantitative estimate of drug-likeness (QED) is 0.0136. The normalized spacial score (nSPS) is 14.3. The highest BCUT2D eigenvalue weighted by molar-refractivity contribution is 7.82. The first-order chi connectivity index (χ1) is 60.5. The highest BCUT2D eigenvalue weighted by Crippen LogP contribution is 2.26. The summed E-state index contributed by atoms with van der Waals surface area (Å²) in [5, 5.41) is 51.8. The number of primary amides is 4. The molecule has 1 aromatic heterocycles. The number of unbranched alkanes of at least 4 members (excludes halogenated alkanes) is 2. The van der Waals surface area contributed by atoms with Crippen molar-refractivity contribution < 1.29 is 101 Å². The van der Waals surface area contributed by atoms with Gasteiger partial charge < -0.3 is 118 Å². The Morgan fingerprint density at radius 2 is 0.891 bits per heavy atom. The van der Waals surface area contributed by atoms with E-state index in [2.05, 4.69) is 97.4 Å². The molecule has 0 unspecified atom stereocenters. The van der Waals surface area contributed by atoms with Crippen LogP contribution in [-0.4, -0.2) is 237 Å². The monoisotopic (exact) mass is 1830 g/mol. The number of carbonyl (C=O) groups excluding carboxylic acids is 19. The number of thiol groups is 2. The van der Waals surface area contributed by atoms with Crippen LogP contribution in [0.5, 0.6) is 5.75 Å². The van der Waals surface area contributed by atoms with Crippen molar-refractivity contribution in [1.82, 2.24) is 84.7 Å². The summed E-state index contributed by atoms with van der Waals surface area (Å²) < 4.78 is 2.95. The van der Waals surface area contributed by atoms with Crippen LogP contribution in [0.25, 0.3) is 21.7 Å². The minimum atomic E-state index is -2.07. The lowest BCUT2D eigenvalue weighted by Gasteiger charge is -2.34. The molecule has 0 saturated heterocycles. The Balaban J connectivity index is 1.61. The molecule has 0 fully saturated rings. The maximum Gasteiger partial charge on any atom is 0.246 e. The summed E-state index contributed by atoms with van der Waals surface area (Å²) in [6.07, 6.45) is -3.99. The number of para-hydroxylation sites is 1. The van der Waals surface area contributed by atoms with Gasteiger partial charge in [0.25, 0.3) is 0 Å². The van der Waals surface area contributed by atoms with Crippen LogP contribution in [0, 0.1) is 0 Å². The number of aromatic amines is 1. The maximum absolute atomic E-state index is 15.8. The highest BCUT2D eigenvalue weighted by Gasteiger charge is 2.44. The van der Waals surface area contributed by atoms with Crippen molar-refractivity contribution in [3.05, 3.63) is 114 Å². The first-order valence-corrected chi connectivity index (χ1v) is 42.8. The van der Waals surface area contributed by atoms with Crippen LogP contribution in [0.1, 0.15) is 157 Å². The van der Waals surface area contributed by atoms with Gasteiger partial charge in [-0.15, -0.1) is 0 Å². The van der Waals surface area contributed by atoms with E-state index in [1.807, 2.05) is 6.07 Å². The minimum Gasteiger partial charge on any atom is -0.492 e. The standard InChI is InChI=1S/C86H122N20O21S2/c1-46(107)70(104-75(118)60(30-32-66(87)112)98-81(124)71(84(6,7)128)96-50(5)111)80(123)101-64(42-55-44-94-58-22-14-13-21-57(55)58)78(121)97-61(31-33-67(88)113)76(119)105-72(85(8,9)129)82(125)102-62(40-51-25-28-56(29-26-51)127-38-37-93-49(4)110)77(120)99-63(41-52-24-27-53-19-11-12-20-54(53)39-52)79(122)106-86(10,34-16-18-36-92-48(3)109)83(126)103-59(23-15-17-35-91-47(2)108)74(117)100-65(43-68(89)114)73(116)95-45-69(90)115/h11-14,19-22,24-29,39,44,46,59-65,70-72,94,107,128-129H,15-18,23,30-38,40-43,45H2,1-10H3,(H2,87,112)(H2,88,113)(H2,89,114)(H2,90,115)(H,91,108)(H,92,109)(H,93,110)(H,95,116)(H,96,111)(H,97,121)(H,98,124)(H,99,120)(H,100,117)(H,101,123)(H,102,125)(H,103,126)(H,104,118)(H,105,119)(H,106,122)/t46-,59+,60+,61+,62+,63+,64+,65+,70+,71-,72-,86+/m1/s1. The number of benzene rings is 4. The molecule has 41 nitrogen and oxygen atoms in total. The van der Waals surface area contributed by atoms with Crippen LogP contribution in [0.3, 0.4) is 0 Å². The first kappa shape index (κ1) is 107. The number of hydrogen-bond acceptors (Lipinski definition) is 23. The van der Waals surface area contributed by atoms with Gasteiger partial charge in [0.1, 0.15) is 78.3 Å². The molecular weight excluding hydrogens is 1710 g/mol. The number of H-pyrrole nitrogens is 1. The van der Waals surface area contributed by atoms with Gasteiger partial charge >= 0.3 is 0 Å². The molecule has 5 aromatic rings. The van der Waals surface area contributed by atoms with Crippen molar-refractivity contribution >= 4 is 159 Å². The summed E-state index contributed by atoms with van der Waals surface area (Å²) in [6.45, 7) is 13.0. The third-order valence-electron chi connectivity index (χ3n) is 20.4. The average molecular weight is 1840 g/mol. The van der Waals surface area contributed by atoms with Crippen molar-refractivity contribution in [2.45, 2.75) is 241 Å². The lowest BCUT2D eigenvalue weighted by molar-refractivity contribution is -0.138. The summed E-state index contributed by atoms with van der Waals surface area (Å²) in [5.41, 5.74) is 21.6. The van der Waals surface area contributed by atoms with E-state index in [0.717, 1.165) is 19.2 Å². The summed E-state index contributed by atoms with van der Waals surface area (Å²) in [5.74, 6) is -17.1. The topological polar surface area (TPSA) is 654 Å². The molecule has 0 aliphatic carbocycles. The molecular formula is C86H122N20O21S2. The molecule has 12 atom stereocenters. The zero-order valence-corrected chi connectivity index (χ0v) is 75.6. The van der Waals surface area contributed by atoms with E-state index in [4.69, 9.17) is 40.3 Å². The van der Waals surface area contributed by atoms with Gasteiger partial charge in [-0.3, -0.25) is 91.1 Å². The third kappa shape index (κ3) is 37.1. The molecule has 4 aromatic carbocycles. The second kappa shape index (κ2) is 51.2. The molecule has 0 aliphatic rings. The van der Waals surface area contributed by atoms with E-state index in [1.165, 1.54) is 73.7 Å². The number of nitrogens with one attached hydrogen (secondary N) is 16. The zero-order chi connectivity index (χ0) is 96.2. The van der Waals surface area contributed by atoms with Gasteiger partial charge in [-0.25, -0.2) is 0 Å². The molecule has 0 radical (unpaired) electrons. The van der Waals surface area contributed by atoms with Gasteiger partial charge in [-0.1, -0.05) is 72.8 Å². The van der Waals surface area contributed by atoms with E-state index in [-0.39, 0.29) is 95.3 Å². The minimum absolute atomic E-state index is 0.0391. The molecule has 0 spiro atoms. The van der Waals surface area contributed by atoms with Gasteiger partial charge in [0.05, 0.1) is 25.6 Å². The summed E-state index contributed by atoms with van der Waals surface area (Å²) >= 11 is 9.21. The summed E-state index contributed by atoms with van der Waals surface area (Å²) in [4.78, 5) is 263. The predicted molar refractivity (Wildman–Crippen MR) is 481 cm³/mol. The Labute approximate surface area is 757 Å². The maximum atomic E-state index is 15.8. The fourth-order valence-corrected chi connectivity index (χ4v) is 13.9. The number of aromatic nitrogens is 1. The molecule has 0 bridgehead atoms. The van der Waals surface area contributed by atoms with E-state index in [0.29, 0.717) is 38.7 Å². The Morgan fingerprint density at radius 3 is 1.45 bits per heavy atom. The number of fused-ring (bicyclic) bond motifs is 2. The number of rotatable bonds is 55. The molecule has 0 aliphatic heterocycles. The molecule has 5 rings (SSSR count). The largest absolute Gasteiger partial charge is 0.492 e. The predicted octanol–water partition coefficient (Wildman–Crippen LogP) is -2.97. The molecule has 25 N–H and O–H groups in total. The first-order valence-electron chi connectivity index (χ1n) is 41.9. The van der Waals surface area contributed by atoms with Crippen LogP contribution in [0.4, 0.5) is 0 Å². The average Bonchev–Trinajstić information content (AvgIpc) is 1.59. The lowest BCUT2D eigenvalue weighted by Crippen LogP contribution is -2.65. The van der Waals surface area contributed by atoms with Crippen molar-refractivity contribution in [3.63, 3.8) is 0 Å². The third-order valence-corrected chi connectivity index (χ3v) is 20.9. The number of carbonyl (C=O) groups is 19. The molecule has 704 valence electrons. The Bertz CT molecular complexity index is 4840. The van der Waals surface area contributed by atoms with Gasteiger partial charge in [-0.2, -0.15) is 25.3 Å². The zero-order valence-electron chi connectivity index (χ0n) is 73.8. The van der Waals surface area contributed by atoms with Crippen molar-refractivity contribution in [2.24, 2.45) is 22.9 Å². The Hall–Kier alpha value is -12.9. The smallest absolute Gasteiger partial charge is 0.246 e. The summed E-state index contributed by atoms with van der Waals surface area (Å²) in [6, 6.07) is 8.28. The van der Waals surface area contributed by atoms with Crippen LogP contribution in [0.2, 0.25) is 0 Å². The van der Waals surface area contributed by atoms with Crippen LogP contribution < -0.4 is 107 Å². The SMILES string of the molecule is CC(=O)NCCCC[C@H](NC(=O)[C@](C)(CCCCNC(C)=O)NC(=O)[C@H](Cc1ccc2ccccc2c1)NC(=O)[C@H](Cc1ccc(OCCNC(C)=O)cc1)NC(=O)[C@@H](NC(=O)[C@H](CCC(N)=O)NC(=O)[C@H](Cc1c[nH]c2ccccc12)NC(=O)[C@@H](NC(=O)[C@H](CCC(N)=O)NC(=O)[C@@H](NC(C)=O)C(C)(C)S)[C@@H](C)O)C(C)(C)S)C(=O)N[C@@H](CC(N)=O)C(=O)NCC(N)=O. The number of hydrogen-bond donors (Lipinski definition) is 23. The van der Waals surface area contributed by atoms with Crippen LogP contribution in [0.15, 0.2) is 97.2 Å². The van der Waals surface area contributed by atoms with Crippen LogP contribution >= 0.6 is 25.3 Å². The van der Waals surface area contributed by atoms with Gasteiger partial charge in [-0.05, 0) is 139 Å². The van der Waals surface area contributed by atoms with Crippen molar-refractivity contribution in [1.29, 1.82) is 0 Å². The number of aliphatic hydroxyl groups is 1. The molecule has 0 saturated carbocycles. The Morgan fingerprint density at radius 1 is 0.426 bits per heavy atom. The number of ether oxygens (including phenoxy) is 1. The Kier molecular flexibility index (Phi) is 42.3. The second-order valence-corrected chi connectivity index (χ2v) is 35.0. The van der Waals surface area contributed by atoms with E-state index in [9.17, 15) is 67.4 Å². The summed E-state index contributed by atoms with van der Waals surface area (Å²) in [7, 11) is 0. The lowest BCUT2D eigenvalue weighted by atomic mass is 9.91. The van der Waals surface area contributed by atoms with E-state index in [1.54, 1.807) is 72.8 Å². The van der Waals surface area contributed by atoms with E-state index >= 15 is 28.8 Å². The number of aliphatic hydroxyl groups excluding tert-OH is 1. The van der Waals surface area contributed by atoms with Crippen molar-refractivity contribution in [2.75, 3.05) is 32.8 Å². The highest BCUT2D eigenvalue weighted by atomic mass is 32.1. The van der Waals surface area contributed by atoms with Gasteiger partial charge in [0.15, 0.2) is 0 Å². The van der Waals surface area contributed by atoms with Crippen molar-refractivity contribution in [3.8, 4) is 5.75 Å². The fourth-order valence-electron chi connectivity index (χ4n) is 13.5. The van der Waals surface area contributed by atoms with E-state index < -0.39 is 221 Å². The number of nitrogens with two attached hydrogens (primary N) is 4. The second-order valence-electron chi connectivity index (χ2n) is 32.7. The molecule has 129 heavy (non-hydrogen) atoms.